The molecule has 8 nitrogen and oxygen atoms in total. The van der Waals surface area contributed by atoms with Crippen LogP contribution in [0.3, 0.4) is 0 Å². The molecule has 0 saturated carbocycles. The molecule has 1 N–H and O–H groups in total. The Bertz CT molecular complexity index is 913. The summed E-state index contributed by atoms with van der Waals surface area (Å²) in [5.41, 5.74) is 0.140. The van der Waals surface area contributed by atoms with Crippen molar-refractivity contribution in [3.05, 3.63) is 58.1 Å². The number of benzene rings is 2. The van der Waals surface area contributed by atoms with E-state index in [-0.39, 0.29) is 23.7 Å². The first-order valence-corrected chi connectivity index (χ1v) is 8.98. The van der Waals surface area contributed by atoms with Gasteiger partial charge in [0.15, 0.2) is 11.5 Å². The first kappa shape index (κ1) is 17.2. The lowest BCUT2D eigenvalue weighted by Crippen LogP contribution is -2.40. The summed E-state index contributed by atoms with van der Waals surface area (Å²) < 4.78 is 38.6. The largest absolute Gasteiger partial charge is 0.486 e. The fourth-order valence-electron chi connectivity index (χ4n) is 2.44. The third-order valence-corrected chi connectivity index (χ3v) is 5.31. The van der Waals surface area contributed by atoms with Crippen LogP contribution in [0.1, 0.15) is 5.56 Å². The molecule has 0 aromatic heterocycles. The van der Waals surface area contributed by atoms with Gasteiger partial charge in [0.2, 0.25) is 10.0 Å². The van der Waals surface area contributed by atoms with Gasteiger partial charge in [0.1, 0.15) is 12.7 Å². The van der Waals surface area contributed by atoms with E-state index in [1.807, 2.05) is 6.07 Å². The van der Waals surface area contributed by atoms with Gasteiger partial charge in [0.05, 0.1) is 16.4 Å². The maximum atomic E-state index is 12.5. The molecule has 0 spiro atoms. The number of nitro benzene ring substituents is 1. The third kappa shape index (κ3) is 3.72. The number of nitro groups is 1. The number of nitrogens with zero attached hydrogens (tertiary/aromatic N) is 1. The molecule has 1 heterocycles. The fraction of sp³-hybridized carbons (Fsp3) is 0.250. The zero-order valence-corrected chi connectivity index (χ0v) is 14.2. The van der Waals surface area contributed by atoms with Crippen molar-refractivity contribution in [1.29, 1.82) is 0 Å². The average Bonchev–Trinajstić information content (AvgIpc) is 2.60. The normalized spacial score (nSPS) is 16.4. The van der Waals surface area contributed by atoms with Crippen LogP contribution >= 0.6 is 0 Å². The predicted molar refractivity (Wildman–Crippen MR) is 89.4 cm³/mol. The number of para-hydroxylation sites is 2. The second-order valence-corrected chi connectivity index (χ2v) is 7.29. The Kier molecular flexibility index (Phi) is 4.60. The number of non-ortho nitro benzene ring substituents is 1. The minimum absolute atomic E-state index is 0.0151. The highest BCUT2D eigenvalue weighted by molar-refractivity contribution is 7.89. The third-order valence-electron chi connectivity index (χ3n) is 3.74. The Hall–Kier alpha value is -2.65. The van der Waals surface area contributed by atoms with Crippen LogP contribution in [0.25, 0.3) is 0 Å². The Labute approximate surface area is 144 Å². The second-order valence-electron chi connectivity index (χ2n) is 5.56. The summed E-state index contributed by atoms with van der Waals surface area (Å²) in [6.45, 7) is 1.76. The lowest BCUT2D eigenvalue weighted by Gasteiger charge is -2.26. The first-order chi connectivity index (χ1) is 11.9. The molecule has 1 atom stereocenters. The Balaban J connectivity index is 1.73. The van der Waals surface area contributed by atoms with Gasteiger partial charge in [-0.05, 0) is 24.6 Å². The highest BCUT2D eigenvalue weighted by Gasteiger charge is 2.25. The zero-order valence-electron chi connectivity index (χ0n) is 13.3. The first-order valence-electron chi connectivity index (χ1n) is 7.50. The van der Waals surface area contributed by atoms with Crippen molar-refractivity contribution in [3.8, 4) is 11.5 Å². The van der Waals surface area contributed by atoms with Crippen molar-refractivity contribution < 1.29 is 22.8 Å². The summed E-state index contributed by atoms with van der Waals surface area (Å²) in [4.78, 5) is 10.1. The van der Waals surface area contributed by atoms with E-state index in [2.05, 4.69) is 4.72 Å². The van der Waals surface area contributed by atoms with Crippen molar-refractivity contribution in [3.63, 3.8) is 0 Å². The highest BCUT2D eigenvalue weighted by Crippen LogP contribution is 2.30. The predicted octanol–water partition coefficient (Wildman–Crippen LogP) is 2.02. The fourth-order valence-corrected chi connectivity index (χ4v) is 3.76. The Morgan fingerprint density at radius 3 is 2.68 bits per heavy atom. The second kappa shape index (κ2) is 6.69. The molecule has 9 heteroatoms. The molecule has 3 rings (SSSR count). The number of aryl methyl sites for hydroxylation is 1. The Morgan fingerprint density at radius 2 is 1.96 bits per heavy atom. The van der Waals surface area contributed by atoms with Crippen LogP contribution in [-0.4, -0.2) is 32.6 Å². The van der Waals surface area contributed by atoms with Gasteiger partial charge in [-0.1, -0.05) is 18.2 Å². The van der Waals surface area contributed by atoms with E-state index in [1.54, 1.807) is 25.1 Å². The quantitative estimate of drug-likeness (QED) is 0.642. The van der Waals surface area contributed by atoms with Gasteiger partial charge in [-0.25, -0.2) is 13.1 Å². The molecule has 1 aliphatic rings. The Morgan fingerprint density at radius 1 is 1.24 bits per heavy atom. The molecule has 0 fully saturated rings. The summed E-state index contributed by atoms with van der Waals surface area (Å²) in [5.74, 6) is 1.15. The van der Waals surface area contributed by atoms with E-state index in [4.69, 9.17) is 9.47 Å². The minimum Gasteiger partial charge on any atom is -0.486 e. The summed E-state index contributed by atoms with van der Waals surface area (Å²) in [7, 11) is -3.91. The van der Waals surface area contributed by atoms with Crippen molar-refractivity contribution in [1.82, 2.24) is 4.72 Å². The molecule has 1 aliphatic heterocycles. The monoisotopic (exact) mass is 364 g/mol. The average molecular weight is 364 g/mol. The molecule has 0 amide bonds. The molecule has 2 aromatic carbocycles. The van der Waals surface area contributed by atoms with Crippen LogP contribution in [0.2, 0.25) is 0 Å². The number of ether oxygens (including phenoxy) is 2. The maximum Gasteiger partial charge on any atom is 0.270 e. The van der Waals surface area contributed by atoms with Crippen molar-refractivity contribution >= 4 is 15.7 Å². The lowest BCUT2D eigenvalue weighted by molar-refractivity contribution is -0.385. The van der Waals surface area contributed by atoms with E-state index in [1.165, 1.54) is 12.1 Å². The van der Waals surface area contributed by atoms with Crippen LogP contribution in [0.4, 0.5) is 5.69 Å². The van der Waals surface area contributed by atoms with E-state index in [0.29, 0.717) is 17.1 Å². The van der Waals surface area contributed by atoms with Crippen molar-refractivity contribution in [2.75, 3.05) is 13.2 Å². The number of fused-ring (bicyclic) bond motifs is 1. The maximum absolute atomic E-state index is 12.5. The van der Waals surface area contributed by atoms with Crippen LogP contribution in [0.5, 0.6) is 11.5 Å². The van der Waals surface area contributed by atoms with E-state index >= 15 is 0 Å². The molecular formula is C16H16N2O6S. The highest BCUT2D eigenvalue weighted by atomic mass is 32.2. The topological polar surface area (TPSA) is 108 Å². The molecule has 132 valence electrons. The summed E-state index contributed by atoms with van der Waals surface area (Å²) in [6.07, 6.45) is -0.497. The number of rotatable bonds is 5. The summed E-state index contributed by atoms with van der Waals surface area (Å²) in [6, 6.07) is 10.8. The lowest BCUT2D eigenvalue weighted by atomic mass is 10.2. The summed E-state index contributed by atoms with van der Waals surface area (Å²) >= 11 is 0. The van der Waals surface area contributed by atoms with E-state index < -0.39 is 21.1 Å². The SMILES string of the molecule is Cc1ccc([N+](=O)[O-])cc1S(=O)(=O)NC[C@H]1COc2ccccc2O1. The van der Waals surface area contributed by atoms with Gasteiger partial charge >= 0.3 is 0 Å². The number of hydrogen-bond acceptors (Lipinski definition) is 6. The molecule has 25 heavy (non-hydrogen) atoms. The van der Waals surface area contributed by atoms with Crippen LogP contribution in [0, 0.1) is 17.0 Å². The van der Waals surface area contributed by atoms with Gasteiger partial charge in [-0.15, -0.1) is 0 Å². The summed E-state index contributed by atoms with van der Waals surface area (Å²) in [5, 5.41) is 10.9. The van der Waals surface area contributed by atoms with Gasteiger partial charge in [-0.3, -0.25) is 10.1 Å². The van der Waals surface area contributed by atoms with Crippen LogP contribution in [-0.2, 0) is 10.0 Å². The number of sulfonamides is 1. The standard InChI is InChI=1S/C16H16N2O6S/c1-11-6-7-12(18(19)20)8-16(11)25(21,22)17-9-13-10-23-14-4-2-3-5-15(14)24-13/h2-8,13,17H,9-10H2,1H3/t13-/m0/s1. The van der Waals surface area contributed by atoms with E-state index in [9.17, 15) is 18.5 Å². The van der Waals surface area contributed by atoms with Crippen molar-refractivity contribution in [2.24, 2.45) is 0 Å². The van der Waals surface area contributed by atoms with Gasteiger partial charge in [0, 0.05) is 12.1 Å². The van der Waals surface area contributed by atoms with E-state index in [0.717, 1.165) is 6.07 Å². The molecule has 0 bridgehead atoms. The minimum atomic E-state index is -3.91. The molecule has 0 aliphatic carbocycles. The van der Waals surface area contributed by atoms with Crippen LogP contribution < -0.4 is 14.2 Å². The molecule has 0 unspecified atom stereocenters. The number of hydrogen-bond donors (Lipinski definition) is 1. The molecule has 0 saturated heterocycles. The smallest absolute Gasteiger partial charge is 0.270 e. The van der Waals surface area contributed by atoms with Gasteiger partial charge in [0.25, 0.3) is 5.69 Å². The number of nitrogens with one attached hydrogen (secondary N) is 1. The van der Waals surface area contributed by atoms with Crippen molar-refractivity contribution in [2.45, 2.75) is 17.9 Å². The molecular weight excluding hydrogens is 348 g/mol. The molecule has 2 aromatic rings. The molecule has 0 radical (unpaired) electrons. The zero-order chi connectivity index (χ0) is 18.0. The van der Waals surface area contributed by atoms with Gasteiger partial charge < -0.3 is 9.47 Å². The van der Waals surface area contributed by atoms with Gasteiger partial charge in [-0.2, -0.15) is 0 Å². The van der Waals surface area contributed by atoms with Crippen LogP contribution in [0.15, 0.2) is 47.4 Å².